The van der Waals surface area contributed by atoms with Crippen molar-refractivity contribution in [3.05, 3.63) is 168 Å². The summed E-state index contributed by atoms with van der Waals surface area (Å²) >= 11 is 0. The van der Waals surface area contributed by atoms with Gasteiger partial charge in [0.25, 0.3) is 6.71 Å². The highest BCUT2D eigenvalue weighted by Gasteiger charge is 2.62. The molecule has 7 aromatic carbocycles. The van der Waals surface area contributed by atoms with Crippen molar-refractivity contribution in [2.24, 2.45) is 0 Å². The zero-order valence-corrected chi connectivity index (χ0v) is 38.6. The number of nitrogens with zero attached hydrogens (tertiary/aromatic N) is 2. The van der Waals surface area contributed by atoms with Gasteiger partial charge in [0.05, 0.1) is 11.2 Å². The molecule has 316 valence electrons. The number of rotatable bonds is 4. The molecule has 0 N–H and O–H groups in total. The summed E-state index contributed by atoms with van der Waals surface area (Å²) in [6.45, 7) is 19.0. The molecule has 8 aromatic rings. The van der Waals surface area contributed by atoms with Crippen LogP contribution in [0.3, 0.4) is 0 Å². The zero-order chi connectivity index (χ0) is 43.9. The van der Waals surface area contributed by atoms with Gasteiger partial charge in [0.1, 0.15) is 5.58 Å². The lowest BCUT2D eigenvalue weighted by molar-refractivity contribution is 0.195. The van der Waals surface area contributed by atoms with E-state index in [2.05, 4.69) is 217 Å². The van der Waals surface area contributed by atoms with Crippen LogP contribution < -0.4 is 26.2 Å². The molecule has 64 heavy (non-hydrogen) atoms. The number of benzene rings is 7. The van der Waals surface area contributed by atoms with E-state index in [1.54, 1.807) is 0 Å². The fourth-order valence-corrected chi connectivity index (χ4v) is 12.2. The van der Waals surface area contributed by atoms with E-state index in [4.69, 9.17) is 4.42 Å². The van der Waals surface area contributed by atoms with Crippen LogP contribution in [0.15, 0.2) is 156 Å². The second kappa shape index (κ2) is 13.6. The Morgan fingerprint density at radius 1 is 0.531 bits per heavy atom. The van der Waals surface area contributed by atoms with Crippen molar-refractivity contribution in [2.75, 3.05) is 9.80 Å². The van der Waals surface area contributed by atoms with E-state index in [0.29, 0.717) is 0 Å². The van der Waals surface area contributed by atoms with E-state index >= 15 is 0 Å². The first-order chi connectivity index (χ1) is 30.7. The molecule has 2 unspecified atom stereocenters. The fraction of sp³-hybridized carbons (Fsp3) is 0.267. The Morgan fingerprint density at radius 3 is 1.77 bits per heavy atom. The Labute approximate surface area is 379 Å². The molecule has 3 nitrogen and oxygen atoms in total. The summed E-state index contributed by atoms with van der Waals surface area (Å²) in [5, 5.41) is 1.19. The van der Waals surface area contributed by atoms with Gasteiger partial charge in [-0.15, -0.1) is 0 Å². The van der Waals surface area contributed by atoms with Crippen LogP contribution in [0, 0.1) is 0 Å². The first-order valence-electron chi connectivity index (χ1n) is 23.6. The quantitative estimate of drug-likeness (QED) is 0.165. The molecule has 1 fully saturated rings. The molecule has 0 bridgehead atoms. The lowest BCUT2D eigenvalue weighted by Crippen LogP contribution is -2.64. The van der Waals surface area contributed by atoms with Gasteiger partial charge in [-0.05, 0) is 122 Å². The second-order valence-corrected chi connectivity index (χ2v) is 21.7. The van der Waals surface area contributed by atoms with Gasteiger partial charge < -0.3 is 9.32 Å². The molecule has 4 heterocycles. The van der Waals surface area contributed by atoms with Crippen LogP contribution in [-0.2, 0) is 16.2 Å². The number of hydrogen-bond acceptors (Lipinski definition) is 3. The predicted octanol–water partition coefficient (Wildman–Crippen LogP) is 14.4. The summed E-state index contributed by atoms with van der Waals surface area (Å²) in [6, 6.07) is 57.5. The minimum atomic E-state index is -0.125. The van der Waals surface area contributed by atoms with Crippen LogP contribution in [-0.4, -0.2) is 12.3 Å². The first-order valence-corrected chi connectivity index (χ1v) is 23.6. The van der Waals surface area contributed by atoms with E-state index in [1.165, 1.54) is 102 Å². The highest BCUT2D eigenvalue weighted by Crippen LogP contribution is 2.63. The third-order valence-corrected chi connectivity index (χ3v) is 15.9. The average Bonchev–Trinajstić information content (AvgIpc) is 3.77. The Bertz CT molecular complexity index is 3170. The predicted molar refractivity (Wildman–Crippen MR) is 272 cm³/mol. The average molecular weight is 833 g/mol. The monoisotopic (exact) mass is 832 g/mol. The molecule has 1 aromatic heterocycles. The van der Waals surface area contributed by atoms with Crippen LogP contribution in [0.2, 0.25) is 0 Å². The van der Waals surface area contributed by atoms with Gasteiger partial charge in [0.2, 0.25) is 5.88 Å². The summed E-state index contributed by atoms with van der Waals surface area (Å²) in [5.41, 5.74) is 21.3. The first kappa shape index (κ1) is 39.3. The van der Waals surface area contributed by atoms with E-state index in [-0.39, 0.29) is 28.5 Å². The number of hydrogen-bond donors (Lipinski definition) is 0. The molecule has 3 aliphatic heterocycles. The summed E-state index contributed by atoms with van der Waals surface area (Å²) in [4.78, 5) is 5.38. The molecule has 0 saturated heterocycles. The van der Waals surface area contributed by atoms with E-state index in [9.17, 15) is 0 Å². The molecule has 2 atom stereocenters. The maximum Gasteiger partial charge on any atom is 0.257 e. The molecule has 12 rings (SSSR count). The number of furan rings is 1. The normalized spacial score (nSPS) is 19.7. The topological polar surface area (TPSA) is 19.6 Å². The minimum Gasteiger partial charge on any atom is -0.440 e. The minimum absolute atomic E-state index is 0.0367. The van der Waals surface area contributed by atoms with Gasteiger partial charge >= 0.3 is 0 Å². The Hall–Kier alpha value is -6.26. The summed E-state index contributed by atoms with van der Waals surface area (Å²) in [6.07, 6.45) is 4.76. The number of fused-ring (bicyclic) bond motifs is 9. The third-order valence-electron chi connectivity index (χ3n) is 15.9. The Morgan fingerprint density at radius 2 is 1.11 bits per heavy atom. The van der Waals surface area contributed by atoms with Crippen LogP contribution in [0.5, 0.6) is 0 Å². The summed E-state index contributed by atoms with van der Waals surface area (Å²) in [5.74, 6) is 0.913. The molecule has 4 aliphatic rings. The Kier molecular flexibility index (Phi) is 8.38. The summed E-state index contributed by atoms with van der Waals surface area (Å²) in [7, 11) is 0. The van der Waals surface area contributed by atoms with Gasteiger partial charge in [-0.2, -0.15) is 0 Å². The largest absolute Gasteiger partial charge is 0.440 e. The summed E-state index contributed by atoms with van der Waals surface area (Å²) < 4.78 is 7.53. The van der Waals surface area contributed by atoms with E-state index < -0.39 is 0 Å². The van der Waals surface area contributed by atoms with Crippen LogP contribution in [0.1, 0.15) is 97.8 Å². The maximum atomic E-state index is 7.53. The molecule has 1 saturated carbocycles. The SMILES string of the molecule is CC(C)(C)c1ccc(N2c3cc(-c4ccccc4)cc4c3B(c3cc(-c5ccccc5)cc5c3N4C3(C)CCCCC53C)c3c2oc2cc(C(C)(C)C)ccc32)c(-c2ccccc2)c1. The molecule has 0 radical (unpaired) electrons. The molecular formula is C60H57BN2O. The zero-order valence-electron chi connectivity index (χ0n) is 38.6. The van der Waals surface area contributed by atoms with Crippen molar-refractivity contribution < 1.29 is 4.42 Å². The molecule has 4 heteroatoms. The lowest BCUT2D eigenvalue weighted by Gasteiger charge is -2.52. The highest BCUT2D eigenvalue weighted by molar-refractivity contribution is 7.01. The van der Waals surface area contributed by atoms with Crippen molar-refractivity contribution in [1.29, 1.82) is 0 Å². The van der Waals surface area contributed by atoms with Gasteiger partial charge in [-0.1, -0.05) is 177 Å². The van der Waals surface area contributed by atoms with Crippen molar-refractivity contribution in [2.45, 2.75) is 103 Å². The van der Waals surface area contributed by atoms with Crippen LogP contribution in [0.4, 0.5) is 28.6 Å². The second-order valence-electron chi connectivity index (χ2n) is 21.7. The van der Waals surface area contributed by atoms with Crippen molar-refractivity contribution >= 4 is 62.7 Å². The van der Waals surface area contributed by atoms with Gasteiger partial charge in [0.15, 0.2) is 0 Å². The maximum absolute atomic E-state index is 7.53. The molecule has 0 spiro atoms. The third kappa shape index (κ3) is 5.53. The van der Waals surface area contributed by atoms with Crippen LogP contribution >= 0.6 is 0 Å². The smallest absolute Gasteiger partial charge is 0.257 e. The van der Waals surface area contributed by atoms with Crippen molar-refractivity contribution in [3.8, 4) is 33.4 Å². The van der Waals surface area contributed by atoms with Gasteiger partial charge in [-0.3, -0.25) is 4.90 Å². The molecule has 1 aliphatic carbocycles. The molecule has 0 amide bonds. The van der Waals surface area contributed by atoms with Crippen LogP contribution in [0.25, 0.3) is 44.3 Å². The highest BCUT2D eigenvalue weighted by atomic mass is 16.4. The van der Waals surface area contributed by atoms with Crippen molar-refractivity contribution in [1.82, 2.24) is 0 Å². The van der Waals surface area contributed by atoms with Gasteiger partial charge in [-0.25, -0.2) is 0 Å². The van der Waals surface area contributed by atoms with E-state index in [1.807, 2.05) is 0 Å². The standard InChI is InChI=1S/C60H57BN2O/c1-57(2,3)43-27-29-49(46(36-43)40-24-16-11-17-25-40)62-50-34-42(39-22-14-10-15-23-39)35-51-54(50)61(53-45-28-26-44(58(4,5)6)37-52(45)64-56(53)62)48-33-41(38-20-12-9-13-21-38)32-47-55(48)63(51)60(8)31-19-18-30-59(47,60)7/h9-17,20-29,32-37H,18-19,30-31H2,1-8H3. The fourth-order valence-electron chi connectivity index (χ4n) is 12.2. The van der Waals surface area contributed by atoms with Crippen molar-refractivity contribution in [3.63, 3.8) is 0 Å². The number of anilines is 5. The molecular weight excluding hydrogens is 775 g/mol. The van der Waals surface area contributed by atoms with Gasteiger partial charge in [0, 0.05) is 38.9 Å². The van der Waals surface area contributed by atoms with E-state index in [0.717, 1.165) is 30.0 Å². The Balaban J connectivity index is 1.25. The lowest BCUT2D eigenvalue weighted by atomic mass is 9.33.